The van der Waals surface area contributed by atoms with Gasteiger partial charge in [-0.2, -0.15) is 0 Å². The Hall–Kier alpha value is -1.10. The van der Waals surface area contributed by atoms with Gasteiger partial charge in [0.15, 0.2) is 0 Å². The topological polar surface area (TPSA) is 75.6 Å². The Labute approximate surface area is 102 Å². The number of ether oxygens (including phenoxy) is 1. The molecule has 0 radical (unpaired) electrons. The summed E-state index contributed by atoms with van der Waals surface area (Å²) in [5.74, 6) is -1.77. The second kappa shape index (κ2) is 6.59. The lowest BCUT2D eigenvalue weighted by molar-refractivity contribution is -0.148. The molecule has 0 aromatic rings. The van der Waals surface area contributed by atoms with Crippen molar-refractivity contribution in [3.05, 3.63) is 0 Å². The minimum absolute atomic E-state index is 0.0413. The Balaban J connectivity index is 2.53. The number of hydrogen-bond donors (Lipinski definition) is 2. The predicted molar refractivity (Wildman–Crippen MR) is 62.6 cm³/mol. The van der Waals surface area contributed by atoms with Crippen LogP contribution in [0.25, 0.3) is 0 Å². The largest absolute Gasteiger partial charge is 0.481 e. The molecule has 0 spiro atoms. The maximum atomic E-state index is 11.6. The van der Waals surface area contributed by atoms with Gasteiger partial charge in [-0.3, -0.25) is 9.59 Å². The van der Waals surface area contributed by atoms with E-state index >= 15 is 0 Å². The van der Waals surface area contributed by atoms with Gasteiger partial charge >= 0.3 is 5.97 Å². The van der Waals surface area contributed by atoms with Gasteiger partial charge in [0.1, 0.15) is 0 Å². The first-order chi connectivity index (χ1) is 8.00. The van der Waals surface area contributed by atoms with Crippen molar-refractivity contribution in [3.8, 4) is 0 Å². The summed E-state index contributed by atoms with van der Waals surface area (Å²) in [6.07, 6.45) is 1.74. The summed E-state index contributed by atoms with van der Waals surface area (Å²) in [6, 6.07) is 0.0413. The van der Waals surface area contributed by atoms with Crippen molar-refractivity contribution in [3.63, 3.8) is 0 Å². The second-order valence-electron chi connectivity index (χ2n) is 4.85. The molecule has 2 N–H and O–H groups in total. The first kappa shape index (κ1) is 14.0. The lowest BCUT2D eigenvalue weighted by atomic mass is 9.85. The number of nitrogens with one attached hydrogen (secondary N) is 1. The first-order valence-corrected chi connectivity index (χ1v) is 6.10. The van der Waals surface area contributed by atoms with Crippen LogP contribution in [0.3, 0.4) is 0 Å². The lowest BCUT2D eigenvalue weighted by Crippen LogP contribution is -2.37. The zero-order valence-electron chi connectivity index (χ0n) is 10.4. The molecule has 0 aromatic carbocycles. The minimum atomic E-state index is -0.903. The quantitative estimate of drug-likeness (QED) is 0.756. The van der Waals surface area contributed by atoms with Gasteiger partial charge in [0.25, 0.3) is 0 Å². The van der Waals surface area contributed by atoms with Gasteiger partial charge in [-0.05, 0) is 32.6 Å². The van der Waals surface area contributed by atoms with Crippen molar-refractivity contribution in [2.75, 3.05) is 13.2 Å². The van der Waals surface area contributed by atoms with Crippen molar-refractivity contribution in [1.82, 2.24) is 5.32 Å². The Bertz CT molecular complexity index is 272. The number of aliphatic carboxylic acids is 1. The summed E-state index contributed by atoms with van der Waals surface area (Å²) in [7, 11) is 0. The fraction of sp³-hybridized carbons (Fsp3) is 0.833. The monoisotopic (exact) mass is 243 g/mol. The van der Waals surface area contributed by atoms with E-state index in [0.29, 0.717) is 13.2 Å². The number of carboxylic acid groups (broad SMARTS) is 1. The Morgan fingerprint density at radius 2 is 2.18 bits per heavy atom. The number of rotatable bonds is 5. The smallest absolute Gasteiger partial charge is 0.307 e. The molecule has 0 aliphatic carbocycles. The molecule has 1 amide bonds. The van der Waals surface area contributed by atoms with Crippen LogP contribution < -0.4 is 5.32 Å². The van der Waals surface area contributed by atoms with Crippen LogP contribution in [0.5, 0.6) is 0 Å². The van der Waals surface area contributed by atoms with E-state index in [-0.39, 0.29) is 24.3 Å². The third-order valence-electron chi connectivity index (χ3n) is 2.94. The normalized spacial score (nSPS) is 22.2. The van der Waals surface area contributed by atoms with Crippen molar-refractivity contribution in [1.29, 1.82) is 0 Å². The van der Waals surface area contributed by atoms with E-state index in [1.807, 2.05) is 13.8 Å². The number of carboxylic acids is 1. The van der Waals surface area contributed by atoms with Crippen LogP contribution in [0.2, 0.25) is 0 Å². The molecule has 1 heterocycles. The predicted octanol–water partition coefficient (Wildman–Crippen LogP) is 1.03. The van der Waals surface area contributed by atoms with Gasteiger partial charge in [-0.15, -0.1) is 0 Å². The number of carbonyl (C=O) groups excluding carboxylic acids is 1. The zero-order valence-corrected chi connectivity index (χ0v) is 10.4. The highest BCUT2D eigenvalue weighted by Crippen LogP contribution is 2.25. The van der Waals surface area contributed by atoms with Crippen LogP contribution in [-0.4, -0.2) is 36.2 Å². The fourth-order valence-corrected chi connectivity index (χ4v) is 2.12. The van der Waals surface area contributed by atoms with E-state index < -0.39 is 11.9 Å². The van der Waals surface area contributed by atoms with Crippen LogP contribution in [0.1, 0.15) is 33.1 Å². The van der Waals surface area contributed by atoms with Gasteiger partial charge in [0, 0.05) is 19.1 Å². The van der Waals surface area contributed by atoms with Gasteiger partial charge in [-0.1, -0.05) is 0 Å². The number of hydrogen-bond acceptors (Lipinski definition) is 3. The molecule has 17 heavy (non-hydrogen) atoms. The van der Waals surface area contributed by atoms with Gasteiger partial charge in [-0.25, -0.2) is 0 Å². The number of carbonyl (C=O) groups is 2. The van der Waals surface area contributed by atoms with Gasteiger partial charge in [0.2, 0.25) is 5.91 Å². The minimum Gasteiger partial charge on any atom is -0.481 e. The van der Waals surface area contributed by atoms with E-state index in [2.05, 4.69) is 5.32 Å². The van der Waals surface area contributed by atoms with Crippen LogP contribution in [0.4, 0.5) is 0 Å². The summed E-state index contributed by atoms with van der Waals surface area (Å²) < 4.78 is 5.28. The third kappa shape index (κ3) is 4.73. The Morgan fingerprint density at radius 1 is 1.47 bits per heavy atom. The molecule has 0 bridgehead atoms. The Kier molecular flexibility index (Phi) is 5.41. The van der Waals surface area contributed by atoms with E-state index in [9.17, 15) is 14.7 Å². The fourth-order valence-electron chi connectivity index (χ4n) is 2.12. The van der Waals surface area contributed by atoms with Crippen LogP contribution >= 0.6 is 0 Å². The van der Waals surface area contributed by atoms with Gasteiger partial charge in [0.05, 0.1) is 12.5 Å². The van der Waals surface area contributed by atoms with E-state index in [4.69, 9.17) is 4.74 Å². The van der Waals surface area contributed by atoms with E-state index in [1.54, 1.807) is 0 Å². The molecule has 1 fully saturated rings. The molecule has 1 aliphatic heterocycles. The number of amides is 1. The summed E-state index contributed by atoms with van der Waals surface area (Å²) in [5.41, 5.74) is 0. The molecule has 5 nitrogen and oxygen atoms in total. The molecular weight excluding hydrogens is 222 g/mol. The molecule has 5 heteroatoms. The zero-order chi connectivity index (χ0) is 12.8. The molecule has 1 aliphatic rings. The summed E-state index contributed by atoms with van der Waals surface area (Å²) >= 11 is 0. The first-order valence-electron chi connectivity index (χ1n) is 6.10. The van der Waals surface area contributed by atoms with Gasteiger partial charge < -0.3 is 15.2 Å². The summed E-state index contributed by atoms with van der Waals surface area (Å²) in [6.45, 7) is 4.86. The molecule has 1 rings (SSSR count). The SMILES string of the molecule is CC(C)NC(=O)CC(C(=O)O)C1CCCOC1. The molecule has 0 saturated carbocycles. The van der Waals surface area contributed by atoms with E-state index in [1.165, 1.54) is 0 Å². The van der Waals surface area contributed by atoms with Crippen molar-refractivity contribution >= 4 is 11.9 Å². The molecular formula is C12H21NO4. The summed E-state index contributed by atoms with van der Waals surface area (Å²) in [4.78, 5) is 22.8. The molecule has 0 aromatic heterocycles. The second-order valence-corrected chi connectivity index (χ2v) is 4.85. The van der Waals surface area contributed by atoms with Crippen LogP contribution in [-0.2, 0) is 14.3 Å². The van der Waals surface area contributed by atoms with Crippen molar-refractivity contribution in [2.45, 2.75) is 39.2 Å². The maximum Gasteiger partial charge on any atom is 0.307 e. The van der Waals surface area contributed by atoms with Crippen LogP contribution in [0, 0.1) is 11.8 Å². The van der Waals surface area contributed by atoms with Crippen LogP contribution in [0.15, 0.2) is 0 Å². The van der Waals surface area contributed by atoms with Crippen molar-refractivity contribution in [2.24, 2.45) is 11.8 Å². The Morgan fingerprint density at radius 3 is 2.65 bits per heavy atom. The molecule has 2 atom stereocenters. The average Bonchev–Trinajstić information content (AvgIpc) is 2.25. The highest BCUT2D eigenvalue weighted by Gasteiger charge is 2.31. The molecule has 1 saturated heterocycles. The average molecular weight is 243 g/mol. The lowest BCUT2D eigenvalue weighted by Gasteiger charge is -2.27. The van der Waals surface area contributed by atoms with E-state index in [0.717, 1.165) is 12.8 Å². The summed E-state index contributed by atoms with van der Waals surface area (Å²) in [5, 5.41) is 11.9. The highest BCUT2D eigenvalue weighted by atomic mass is 16.5. The molecule has 98 valence electrons. The third-order valence-corrected chi connectivity index (χ3v) is 2.94. The maximum absolute atomic E-state index is 11.6. The van der Waals surface area contributed by atoms with Crippen molar-refractivity contribution < 1.29 is 19.4 Å². The standard InChI is InChI=1S/C12H21NO4/c1-8(2)13-11(14)6-10(12(15)16)9-4-3-5-17-7-9/h8-10H,3-7H2,1-2H3,(H,13,14)(H,15,16). The molecule has 2 unspecified atom stereocenters. The highest BCUT2D eigenvalue weighted by molar-refractivity contribution is 5.82.